The number of halogens is 2. The zero-order valence-corrected chi connectivity index (χ0v) is 18.3. The van der Waals surface area contributed by atoms with Gasteiger partial charge in [-0.05, 0) is 50.7 Å². The fourth-order valence-corrected chi connectivity index (χ4v) is 5.14. The lowest BCUT2D eigenvalue weighted by molar-refractivity contribution is 0.247. The summed E-state index contributed by atoms with van der Waals surface area (Å²) in [4.78, 5) is 25.3. The van der Waals surface area contributed by atoms with Gasteiger partial charge in [0.15, 0.2) is 11.6 Å². The number of amides is 2. The Labute approximate surface area is 190 Å². The van der Waals surface area contributed by atoms with Crippen molar-refractivity contribution in [2.45, 2.75) is 76.0 Å². The third kappa shape index (κ3) is 4.07. The van der Waals surface area contributed by atoms with Gasteiger partial charge < -0.3 is 16.2 Å². The summed E-state index contributed by atoms with van der Waals surface area (Å²) >= 11 is 0. The molecule has 2 amide bonds. The second-order valence-electron chi connectivity index (χ2n) is 9.20. The van der Waals surface area contributed by atoms with Crippen LogP contribution < -0.4 is 20.9 Å². The maximum absolute atomic E-state index is 14.7. The molecule has 0 saturated heterocycles. The first kappa shape index (κ1) is 21.8. The predicted octanol–water partition coefficient (Wildman–Crippen LogP) is 4.03. The third-order valence-electron chi connectivity index (χ3n) is 6.95. The highest BCUT2D eigenvalue weighted by molar-refractivity contribution is 6.06. The van der Waals surface area contributed by atoms with Crippen molar-refractivity contribution in [3.8, 4) is 5.75 Å². The first-order chi connectivity index (χ1) is 15.9. The van der Waals surface area contributed by atoms with Crippen molar-refractivity contribution in [2.75, 3.05) is 15.1 Å². The lowest BCUT2D eigenvalue weighted by Gasteiger charge is -2.39. The number of nitrogens with one attached hydrogen (secondary N) is 1. The number of benzene rings is 1. The van der Waals surface area contributed by atoms with Crippen LogP contribution in [-0.2, 0) is 6.54 Å². The van der Waals surface area contributed by atoms with E-state index in [1.807, 2.05) is 0 Å². The van der Waals surface area contributed by atoms with E-state index in [-0.39, 0.29) is 24.7 Å². The molecule has 2 heterocycles. The number of rotatable bonds is 4. The first-order valence-electron chi connectivity index (χ1n) is 11.6. The molecule has 5 rings (SSSR count). The van der Waals surface area contributed by atoms with Crippen LogP contribution in [-0.4, -0.2) is 39.2 Å². The number of nitrogens with two attached hydrogens (primary N) is 1. The summed E-state index contributed by atoms with van der Waals surface area (Å²) in [6.07, 6.45) is 8.85. The van der Waals surface area contributed by atoms with E-state index in [0.717, 1.165) is 68.4 Å². The Kier molecular flexibility index (Phi) is 5.77. The van der Waals surface area contributed by atoms with Crippen LogP contribution in [0.3, 0.4) is 0 Å². The topological polar surface area (TPSA) is 108 Å². The summed E-state index contributed by atoms with van der Waals surface area (Å²) in [5, 5.41) is 13.2. The van der Waals surface area contributed by atoms with E-state index in [1.165, 1.54) is 0 Å². The van der Waals surface area contributed by atoms with E-state index in [0.29, 0.717) is 17.3 Å². The van der Waals surface area contributed by atoms with Gasteiger partial charge in [0.05, 0.1) is 6.54 Å². The monoisotopic (exact) mass is 458 g/mol. The van der Waals surface area contributed by atoms with Gasteiger partial charge in [-0.2, -0.15) is 4.98 Å². The number of aromatic nitrogens is 2. The van der Waals surface area contributed by atoms with Crippen LogP contribution in [0.25, 0.3) is 0 Å². The lowest BCUT2D eigenvalue weighted by atomic mass is 9.92. The minimum absolute atomic E-state index is 0.0900. The van der Waals surface area contributed by atoms with Crippen molar-refractivity contribution in [3.63, 3.8) is 0 Å². The van der Waals surface area contributed by atoms with Crippen molar-refractivity contribution in [1.82, 2.24) is 9.97 Å². The molecule has 33 heavy (non-hydrogen) atoms. The number of hydrogen-bond acceptors (Lipinski definition) is 6. The fraction of sp³-hybridized carbons (Fsp3) is 0.522. The number of urea groups is 1. The van der Waals surface area contributed by atoms with Gasteiger partial charge in [0.2, 0.25) is 5.95 Å². The maximum Gasteiger partial charge on any atom is 0.330 e. The largest absolute Gasteiger partial charge is 0.505 e. The first-order valence-corrected chi connectivity index (χ1v) is 11.6. The Morgan fingerprint density at radius 3 is 2.55 bits per heavy atom. The SMILES string of the molecule is NC1CCC(Nc2ncc3c(n2)N(C2CCCC2)C(=O)N(c2c(F)ccc(O)c2F)C3)CC1. The number of phenolic OH excluding ortho intramolecular Hbond substituents is 1. The molecule has 3 aliphatic rings. The molecule has 4 N–H and O–H groups in total. The van der Waals surface area contributed by atoms with Crippen molar-refractivity contribution >= 4 is 23.5 Å². The number of carbonyl (C=O) groups excluding carboxylic acids is 1. The molecule has 1 aromatic carbocycles. The fourth-order valence-electron chi connectivity index (χ4n) is 5.14. The standard InChI is InChI=1S/C23H28F2N6O2/c24-17-9-10-18(32)19(25)20(17)30-12-13-11-27-22(28-15-7-5-14(26)6-8-15)29-21(13)31(23(30)33)16-3-1-2-4-16/h9-11,14-16,32H,1-8,12,26H2,(H,27,28,29). The highest BCUT2D eigenvalue weighted by atomic mass is 19.1. The maximum atomic E-state index is 14.7. The molecule has 1 aromatic heterocycles. The van der Waals surface area contributed by atoms with Crippen LogP contribution in [0.2, 0.25) is 0 Å². The number of hydrogen-bond donors (Lipinski definition) is 3. The molecule has 2 saturated carbocycles. The molecular weight excluding hydrogens is 430 g/mol. The van der Waals surface area contributed by atoms with Crippen LogP contribution in [0, 0.1) is 11.6 Å². The van der Waals surface area contributed by atoms with Gasteiger partial charge in [-0.15, -0.1) is 0 Å². The Morgan fingerprint density at radius 2 is 1.82 bits per heavy atom. The van der Waals surface area contributed by atoms with Crippen LogP contribution >= 0.6 is 0 Å². The second kappa shape index (κ2) is 8.74. The Bertz CT molecular complexity index is 1050. The van der Waals surface area contributed by atoms with Gasteiger partial charge in [-0.25, -0.2) is 18.6 Å². The number of aromatic hydroxyl groups is 1. The van der Waals surface area contributed by atoms with Crippen LogP contribution in [0.1, 0.15) is 56.9 Å². The van der Waals surface area contributed by atoms with E-state index in [9.17, 15) is 18.7 Å². The van der Waals surface area contributed by atoms with E-state index in [4.69, 9.17) is 5.73 Å². The van der Waals surface area contributed by atoms with Crippen molar-refractivity contribution in [2.24, 2.45) is 5.73 Å². The normalized spacial score (nSPS) is 23.7. The third-order valence-corrected chi connectivity index (χ3v) is 6.95. The van der Waals surface area contributed by atoms with Crippen molar-refractivity contribution < 1.29 is 18.7 Å². The summed E-state index contributed by atoms with van der Waals surface area (Å²) in [6, 6.07) is 1.67. The van der Waals surface area contributed by atoms with Crippen LogP contribution in [0.4, 0.5) is 31.0 Å². The number of nitrogens with zero attached hydrogens (tertiary/aromatic N) is 4. The Balaban J connectivity index is 1.50. The number of phenols is 1. The van der Waals surface area contributed by atoms with Crippen LogP contribution in [0.5, 0.6) is 5.75 Å². The van der Waals surface area contributed by atoms with Gasteiger partial charge in [-0.3, -0.25) is 9.80 Å². The molecule has 8 nitrogen and oxygen atoms in total. The minimum atomic E-state index is -1.16. The predicted molar refractivity (Wildman–Crippen MR) is 120 cm³/mol. The quantitative estimate of drug-likeness (QED) is 0.639. The van der Waals surface area contributed by atoms with E-state index in [2.05, 4.69) is 15.3 Å². The molecule has 2 aliphatic carbocycles. The molecule has 0 spiro atoms. The number of fused-ring (bicyclic) bond motifs is 1. The van der Waals surface area contributed by atoms with Gasteiger partial charge in [0.1, 0.15) is 17.3 Å². The summed E-state index contributed by atoms with van der Waals surface area (Å²) in [7, 11) is 0. The average molecular weight is 459 g/mol. The molecule has 0 unspecified atom stereocenters. The van der Waals surface area contributed by atoms with Gasteiger partial charge in [0, 0.05) is 29.9 Å². The summed E-state index contributed by atoms with van der Waals surface area (Å²) in [5.74, 6) is -1.86. The highest BCUT2D eigenvalue weighted by Gasteiger charge is 2.40. The minimum Gasteiger partial charge on any atom is -0.505 e. The number of anilines is 3. The van der Waals surface area contributed by atoms with Crippen LogP contribution in [0.15, 0.2) is 18.3 Å². The number of carbonyl (C=O) groups is 1. The van der Waals surface area contributed by atoms with Gasteiger partial charge in [0.25, 0.3) is 0 Å². The molecule has 176 valence electrons. The molecule has 0 atom stereocenters. The summed E-state index contributed by atoms with van der Waals surface area (Å²) < 4.78 is 29.3. The van der Waals surface area contributed by atoms with Crippen molar-refractivity contribution in [1.29, 1.82) is 0 Å². The van der Waals surface area contributed by atoms with Gasteiger partial charge >= 0.3 is 6.03 Å². The molecule has 0 radical (unpaired) electrons. The van der Waals surface area contributed by atoms with E-state index in [1.54, 1.807) is 11.1 Å². The van der Waals surface area contributed by atoms with E-state index >= 15 is 0 Å². The summed E-state index contributed by atoms with van der Waals surface area (Å²) in [6.45, 7) is -0.0900. The second-order valence-corrected chi connectivity index (χ2v) is 9.20. The smallest absolute Gasteiger partial charge is 0.330 e. The molecule has 1 aliphatic heterocycles. The van der Waals surface area contributed by atoms with Gasteiger partial charge in [-0.1, -0.05) is 12.8 Å². The molecular formula is C23H28F2N6O2. The van der Waals surface area contributed by atoms with E-state index < -0.39 is 29.1 Å². The average Bonchev–Trinajstić information content (AvgIpc) is 3.33. The Morgan fingerprint density at radius 1 is 1.09 bits per heavy atom. The zero-order chi connectivity index (χ0) is 23.1. The molecule has 2 fully saturated rings. The van der Waals surface area contributed by atoms with Crippen molar-refractivity contribution in [3.05, 3.63) is 35.5 Å². The highest BCUT2D eigenvalue weighted by Crippen LogP contribution is 2.39. The summed E-state index contributed by atoms with van der Waals surface area (Å²) in [5.41, 5.74) is 6.04. The lowest BCUT2D eigenvalue weighted by Crippen LogP contribution is -2.52. The molecule has 2 aromatic rings. The molecule has 0 bridgehead atoms. The molecule has 10 heteroatoms. The zero-order valence-electron chi connectivity index (χ0n) is 18.3. The Hall–Kier alpha value is -3.01.